The lowest BCUT2D eigenvalue weighted by molar-refractivity contribution is -0.145. The van der Waals surface area contributed by atoms with Crippen molar-refractivity contribution in [3.05, 3.63) is 10.4 Å². The summed E-state index contributed by atoms with van der Waals surface area (Å²) in [6.07, 6.45) is 0.340. The first kappa shape index (κ1) is 17.8. The van der Waals surface area contributed by atoms with Crippen LogP contribution in [0.4, 0.5) is 0 Å². The van der Waals surface area contributed by atoms with E-state index in [1.54, 1.807) is 0 Å². The third-order valence-corrected chi connectivity index (χ3v) is 4.36. The average Bonchev–Trinajstić information content (AvgIpc) is 2.75. The van der Waals surface area contributed by atoms with Crippen LogP contribution in [0.2, 0.25) is 0 Å². The van der Waals surface area contributed by atoms with Gasteiger partial charge in [-0.05, 0) is 41.8 Å². The third-order valence-electron chi connectivity index (χ3n) is 4.08. The zero-order chi connectivity index (χ0) is 16.2. The lowest BCUT2D eigenvalue weighted by Gasteiger charge is -2.23. The number of azide groups is 1. The first-order valence-corrected chi connectivity index (χ1v) is 7.59. The van der Waals surface area contributed by atoms with Crippen LogP contribution in [0.5, 0.6) is 0 Å². The maximum atomic E-state index is 11.8. The first-order chi connectivity index (χ1) is 9.77. The minimum atomic E-state index is -0.558. The van der Waals surface area contributed by atoms with E-state index in [1.807, 2.05) is 27.7 Å². The van der Waals surface area contributed by atoms with Crippen molar-refractivity contribution < 1.29 is 14.3 Å². The number of halogens is 1. The Labute approximate surface area is 129 Å². The van der Waals surface area contributed by atoms with E-state index in [2.05, 4.69) is 10.0 Å². The molecule has 6 nitrogen and oxygen atoms in total. The third kappa shape index (κ3) is 4.61. The van der Waals surface area contributed by atoms with Crippen molar-refractivity contribution in [2.45, 2.75) is 52.7 Å². The molecule has 0 N–H and O–H groups in total. The van der Waals surface area contributed by atoms with E-state index in [4.69, 9.17) is 21.9 Å². The highest BCUT2D eigenvalue weighted by Crippen LogP contribution is 2.33. The Bertz CT molecular complexity index is 447. The Balaban J connectivity index is 2.86. The maximum absolute atomic E-state index is 11.8. The summed E-state index contributed by atoms with van der Waals surface area (Å²) in [5, 5.41) is 3.28. The van der Waals surface area contributed by atoms with Crippen LogP contribution in [-0.4, -0.2) is 23.4 Å². The summed E-state index contributed by atoms with van der Waals surface area (Å²) in [6, 6.07) is -0.558. The van der Waals surface area contributed by atoms with Crippen LogP contribution >= 0.6 is 11.6 Å². The van der Waals surface area contributed by atoms with Crippen molar-refractivity contribution in [1.29, 1.82) is 0 Å². The zero-order valence-electron chi connectivity index (χ0n) is 12.8. The first-order valence-electron chi connectivity index (χ1n) is 7.22. The molecule has 0 aliphatic carbocycles. The molecular weight excluding hydrogens is 294 g/mol. The topological polar surface area (TPSA) is 92.1 Å². The van der Waals surface area contributed by atoms with E-state index in [1.165, 1.54) is 0 Å². The number of hydrogen-bond donors (Lipinski definition) is 0. The standard InChI is InChI=1S/C14H22ClN3O3/c1-7(2)9(13(15)19)5-11(17-18-16)12-6-10(8(3)4)14(20)21-12/h7-12H,5-6H2,1-4H3/t9-,10?,11-,12?/m0/s1. The molecule has 1 aliphatic rings. The van der Waals surface area contributed by atoms with Gasteiger partial charge in [-0.2, -0.15) is 0 Å². The minimum Gasteiger partial charge on any atom is -0.462 e. The lowest BCUT2D eigenvalue weighted by Crippen LogP contribution is -2.30. The van der Waals surface area contributed by atoms with Crippen molar-refractivity contribution >= 4 is 22.8 Å². The van der Waals surface area contributed by atoms with Crippen LogP contribution in [0.15, 0.2) is 5.11 Å². The number of cyclic esters (lactones) is 1. The SMILES string of the molecule is CC(C)C1CC([C@H](C[C@H](C(=O)Cl)C(C)C)N=[N+]=[N-])OC1=O. The molecule has 1 rings (SSSR count). The molecule has 0 amide bonds. The molecule has 0 spiro atoms. The summed E-state index contributed by atoms with van der Waals surface area (Å²) in [6.45, 7) is 7.68. The van der Waals surface area contributed by atoms with E-state index >= 15 is 0 Å². The summed E-state index contributed by atoms with van der Waals surface area (Å²) < 4.78 is 5.35. The van der Waals surface area contributed by atoms with E-state index in [-0.39, 0.29) is 23.7 Å². The highest BCUT2D eigenvalue weighted by Gasteiger charge is 2.41. The lowest BCUT2D eigenvalue weighted by atomic mass is 9.85. The summed E-state index contributed by atoms with van der Waals surface area (Å²) >= 11 is 5.62. The molecule has 0 aromatic rings. The number of ether oxygens (including phenoxy) is 1. The quantitative estimate of drug-likeness (QED) is 0.236. The molecule has 0 bridgehead atoms. The van der Waals surface area contributed by atoms with Gasteiger partial charge in [-0.25, -0.2) is 0 Å². The molecule has 21 heavy (non-hydrogen) atoms. The van der Waals surface area contributed by atoms with Gasteiger partial charge in [-0.15, -0.1) is 0 Å². The highest BCUT2D eigenvalue weighted by atomic mass is 35.5. The van der Waals surface area contributed by atoms with Gasteiger partial charge in [0.15, 0.2) is 0 Å². The van der Waals surface area contributed by atoms with Gasteiger partial charge in [-0.3, -0.25) is 9.59 Å². The Morgan fingerprint density at radius 1 is 1.48 bits per heavy atom. The molecule has 1 fully saturated rings. The molecule has 0 radical (unpaired) electrons. The molecule has 1 saturated heterocycles. The maximum Gasteiger partial charge on any atom is 0.309 e. The van der Waals surface area contributed by atoms with Crippen LogP contribution < -0.4 is 0 Å². The van der Waals surface area contributed by atoms with Gasteiger partial charge in [0.05, 0.1) is 12.0 Å². The second-order valence-corrected chi connectivity index (χ2v) is 6.60. The Kier molecular flexibility index (Phi) is 6.49. The van der Waals surface area contributed by atoms with Gasteiger partial charge in [0.2, 0.25) is 5.24 Å². The van der Waals surface area contributed by atoms with Crippen LogP contribution in [-0.2, 0) is 14.3 Å². The van der Waals surface area contributed by atoms with Gasteiger partial charge >= 0.3 is 5.97 Å². The molecule has 0 aromatic heterocycles. The number of nitrogens with zero attached hydrogens (tertiary/aromatic N) is 3. The predicted octanol–water partition coefficient (Wildman–Crippen LogP) is 3.68. The van der Waals surface area contributed by atoms with E-state index < -0.39 is 23.3 Å². The average molecular weight is 316 g/mol. The van der Waals surface area contributed by atoms with Crippen molar-refractivity contribution in [2.24, 2.45) is 28.8 Å². The molecule has 118 valence electrons. The summed E-state index contributed by atoms with van der Waals surface area (Å²) in [5.74, 6) is -0.657. The highest BCUT2D eigenvalue weighted by molar-refractivity contribution is 6.64. The van der Waals surface area contributed by atoms with Gasteiger partial charge in [0, 0.05) is 10.8 Å². The van der Waals surface area contributed by atoms with E-state index in [0.717, 1.165) is 0 Å². The van der Waals surface area contributed by atoms with Crippen LogP contribution in [0.25, 0.3) is 10.4 Å². The number of hydrogen-bond acceptors (Lipinski definition) is 4. The number of rotatable bonds is 7. The molecule has 7 heteroatoms. The summed E-state index contributed by atoms with van der Waals surface area (Å²) in [4.78, 5) is 26.2. The van der Waals surface area contributed by atoms with Gasteiger partial charge in [-0.1, -0.05) is 32.8 Å². The van der Waals surface area contributed by atoms with Crippen LogP contribution in [0.1, 0.15) is 40.5 Å². The second-order valence-electron chi connectivity index (χ2n) is 6.22. The zero-order valence-corrected chi connectivity index (χ0v) is 13.6. The molecule has 2 unspecified atom stereocenters. The van der Waals surface area contributed by atoms with Crippen LogP contribution in [0.3, 0.4) is 0 Å². The summed E-state index contributed by atoms with van der Waals surface area (Å²) in [5.41, 5.74) is 8.73. The number of esters is 1. The van der Waals surface area contributed by atoms with Gasteiger partial charge < -0.3 is 4.74 Å². The fraction of sp³-hybridized carbons (Fsp3) is 0.857. The van der Waals surface area contributed by atoms with Crippen molar-refractivity contribution in [3.63, 3.8) is 0 Å². The molecule has 0 saturated carbocycles. The van der Waals surface area contributed by atoms with Gasteiger partial charge in [0.25, 0.3) is 0 Å². The monoisotopic (exact) mass is 315 g/mol. The van der Waals surface area contributed by atoms with Crippen molar-refractivity contribution in [1.82, 2.24) is 0 Å². The second kappa shape index (κ2) is 7.66. The number of carbonyl (C=O) groups excluding carboxylic acids is 2. The number of carbonyl (C=O) groups is 2. The predicted molar refractivity (Wildman–Crippen MR) is 79.6 cm³/mol. The fourth-order valence-electron chi connectivity index (χ4n) is 2.64. The minimum absolute atomic E-state index is 0.0318. The molecule has 1 aliphatic heterocycles. The summed E-state index contributed by atoms with van der Waals surface area (Å²) in [7, 11) is 0. The van der Waals surface area contributed by atoms with E-state index in [9.17, 15) is 9.59 Å². The van der Waals surface area contributed by atoms with Gasteiger partial charge in [0.1, 0.15) is 6.10 Å². The Hall–Kier alpha value is -1.26. The normalized spacial score (nSPS) is 24.6. The molecule has 0 aromatic carbocycles. The fourth-order valence-corrected chi connectivity index (χ4v) is 2.98. The molecular formula is C14H22ClN3O3. The largest absolute Gasteiger partial charge is 0.462 e. The Morgan fingerprint density at radius 3 is 2.48 bits per heavy atom. The van der Waals surface area contributed by atoms with Crippen molar-refractivity contribution in [2.75, 3.05) is 0 Å². The van der Waals surface area contributed by atoms with Crippen molar-refractivity contribution in [3.8, 4) is 0 Å². The van der Waals surface area contributed by atoms with E-state index in [0.29, 0.717) is 12.8 Å². The molecule has 1 heterocycles. The van der Waals surface area contributed by atoms with Crippen LogP contribution in [0, 0.1) is 23.7 Å². The molecule has 4 atom stereocenters. The smallest absolute Gasteiger partial charge is 0.309 e. The Morgan fingerprint density at radius 2 is 2.10 bits per heavy atom.